The van der Waals surface area contributed by atoms with Gasteiger partial charge in [0.05, 0.1) is 13.1 Å². The van der Waals surface area contributed by atoms with Crippen molar-refractivity contribution in [3.63, 3.8) is 0 Å². The third-order valence-electron chi connectivity index (χ3n) is 2.77. The van der Waals surface area contributed by atoms with Crippen LogP contribution in [0.3, 0.4) is 0 Å². The molecule has 5 nitrogen and oxygen atoms in total. The number of rotatable bonds is 0. The van der Waals surface area contributed by atoms with Crippen LogP contribution < -0.4 is 5.32 Å². The minimum Gasteiger partial charge on any atom is -0.624 e. The van der Waals surface area contributed by atoms with Gasteiger partial charge < -0.3 is 10.5 Å². The van der Waals surface area contributed by atoms with Crippen molar-refractivity contribution in [3.8, 4) is 0 Å². The molecule has 0 unspecified atom stereocenters. The molecule has 0 aromatic heterocycles. The van der Waals surface area contributed by atoms with E-state index in [1.807, 2.05) is 0 Å². The fraction of sp³-hybridized carbons (Fsp3) is 0.875. The van der Waals surface area contributed by atoms with Gasteiger partial charge in [0.2, 0.25) is 0 Å². The molecule has 0 bridgehead atoms. The first-order chi connectivity index (χ1) is 6.22. The molecule has 2 rings (SSSR count). The van der Waals surface area contributed by atoms with Crippen LogP contribution in [0.2, 0.25) is 0 Å². The number of amides is 2. The van der Waals surface area contributed by atoms with Crippen molar-refractivity contribution in [3.05, 3.63) is 5.21 Å². The SMILES string of the molecule is O=C(N1CCNCC1)[N+]1([O-])CCC1. The summed E-state index contributed by atoms with van der Waals surface area (Å²) in [6, 6.07) is -0.229. The fourth-order valence-corrected chi connectivity index (χ4v) is 1.75. The number of nitrogens with one attached hydrogen (secondary N) is 1. The van der Waals surface area contributed by atoms with Gasteiger partial charge in [-0.2, -0.15) is 0 Å². The number of hydroxylamine groups is 3. The van der Waals surface area contributed by atoms with Gasteiger partial charge in [-0.05, 0) is 0 Å². The van der Waals surface area contributed by atoms with Crippen molar-refractivity contribution >= 4 is 6.03 Å². The zero-order valence-electron chi connectivity index (χ0n) is 7.66. The van der Waals surface area contributed by atoms with E-state index in [4.69, 9.17) is 0 Å². The molecule has 0 aromatic rings. The highest BCUT2D eigenvalue weighted by molar-refractivity contribution is 5.68. The second-order valence-corrected chi connectivity index (χ2v) is 3.71. The van der Waals surface area contributed by atoms with Crippen LogP contribution in [0.1, 0.15) is 6.42 Å². The zero-order valence-corrected chi connectivity index (χ0v) is 7.66. The molecule has 0 radical (unpaired) electrons. The van der Waals surface area contributed by atoms with Crippen LogP contribution in [-0.4, -0.2) is 54.8 Å². The Morgan fingerprint density at radius 1 is 1.31 bits per heavy atom. The lowest BCUT2D eigenvalue weighted by Crippen LogP contribution is -2.63. The fourth-order valence-electron chi connectivity index (χ4n) is 1.75. The molecule has 74 valence electrons. The first kappa shape index (κ1) is 8.93. The molecule has 0 spiro atoms. The molecule has 2 aliphatic rings. The van der Waals surface area contributed by atoms with E-state index in [1.54, 1.807) is 4.90 Å². The molecule has 0 atom stereocenters. The van der Waals surface area contributed by atoms with Gasteiger partial charge in [0, 0.05) is 32.6 Å². The molecule has 2 aliphatic heterocycles. The van der Waals surface area contributed by atoms with Gasteiger partial charge in [0.1, 0.15) is 0 Å². The third-order valence-corrected chi connectivity index (χ3v) is 2.77. The van der Waals surface area contributed by atoms with Gasteiger partial charge in [-0.15, -0.1) is 0 Å². The van der Waals surface area contributed by atoms with Crippen molar-refractivity contribution in [2.45, 2.75) is 6.42 Å². The van der Waals surface area contributed by atoms with E-state index in [0.717, 1.165) is 19.5 Å². The van der Waals surface area contributed by atoms with Crippen molar-refractivity contribution in [2.24, 2.45) is 0 Å². The molecule has 0 aromatic carbocycles. The summed E-state index contributed by atoms with van der Waals surface area (Å²) in [5, 5.41) is 14.8. The van der Waals surface area contributed by atoms with Crippen LogP contribution in [0.5, 0.6) is 0 Å². The summed E-state index contributed by atoms with van der Waals surface area (Å²) in [6.45, 7) is 3.94. The average Bonchev–Trinajstić information content (AvgIpc) is 2.14. The number of hydrogen-bond donors (Lipinski definition) is 1. The quantitative estimate of drug-likeness (QED) is 0.417. The number of quaternary nitrogens is 1. The number of hydrogen-bond acceptors (Lipinski definition) is 3. The number of urea groups is 1. The summed E-state index contributed by atoms with van der Waals surface area (Å²) in [6.07, 6.45) is 0.890. The Labute approximate surface area is 77.5 Å². The Kier molecular flexibility index (Phi) is 2.23. The molecule has 0 aliphatic carbocycles. The summed E-state index contributed by atoms with van der Waals surface area (Å²) in [7, 11) is 0. The Morgan fingerprint density at radius 2 is 1.92 bits per heavy atom. The predicted molar refractivity (Wildman–Crippen MR) is 47.8 cm³/mol. The molecule has 2 saturated heterocycles. The number of carbonyl (C=O) groups is 1. The topological polar surface area (TPSA) is 55.4 Å². The van der Waals surface area contributed by atoms with Crippen LogP contribution in [0.25, 0.3) is 0 Å². The van der Waals surface area contributed by atoms with Crippen molar-refractivity contribution in [2.75, 3.05) is 39.3 Å². The smallest absolute Gasteiger partial charge is 0.419 e. The van der Waals surface area contributed by atoms with E-state index in [9.17, 15) is 10.0 Å². The minimum absolute atomic E-state index is 0.229. The van der Waals surface area contributed by atoms with Crippen LogP contribution >= 0.6 is 0 Å². The van der Waals surface area contributed by atoms with Crippen LogP contribution in [0.4, 0.5) is 4.79 Å². The van der Waals surface area contributed by atoms with E-state index in [-0.39, 0.29) is 6.03 Å². The molecular formula is C8H15N3O2. The van der Waals surface area contributed by atoms with E-state index in [1.165, 1.54) is 0 Å². The van der Waals surface area contributed by atoms with E-state index in [2.05, 4.69) is 5.32 Å². The molecule has 1 N–H and O–H groups in total. The summed E-state index contributed by atoms with van der Waals surface area (Å²) < 4.78 is -0.611. The Hall–Kier alpha value is -0.650. The number of piperazine rings is 1. The Morgan fingerprint density at radius 3 is 2.38 bits per heavy atom. The standard InChI is InChI=1S/C8H15N3O2/c12-8(11(13)6-1-7-11)10-4-2-9-3-5-10/h9H,1-7H2. The van der Waals surface area contributed by atoms with Gasteiger partial charge in [0.25, 0.3) is 0 Å². The maximum Gasteiger partial charge on any atom is 0.419 e. The molecule has 13 heavy (non-hydrogen) atoms. The molecular weight excluding hydrogens is 170 g/mol. The molecule has 0 saturated carbocycles. The van der Waals surface area contributed by atoms with Gasteiger partial charge in [0.15, 0.2) is 0 Å². The van der Waals surface area contributed by atoms with Gasteiger partial charge >= 0.3 is 6.03 Å². The molecule has 2 fully saturated rings. The number of carbonyl (C=O) groups excluding carboxylic acids is 1. The molecule has 2 heterocycles. The van der Waals surface area contributed by atoms with E-state index < -0.39 is 4.65 Å². The maximum atomic E-state index is 11.7. The average molecular weight is 185 g/mol. The van der Waals surface area contributed by atoms with Crippen LogP contribution in [0, 0.1) is 5.21 Å². The lowest BCUT2D eigenvalue weighted by molar-refractivity contribution is -0.844. The van der Waals surface area contributed by atoms with Crippen LogP contribution in [-0.2, 0) is 0 Å². The number of nitrogens with zero attached hydrogens (tertiary/aromatic N) is 2. The molecule has 2 amide bonds. The second kappa shape index (κ2) is 3.25. The highest BCUT2D eigenvalue weighted by Gasteiger charge is 2.38. The highest BCUT2D eigenvalue weighted by Crippen LogP contribution is 2.20. The van der Waals surface area contributed by atoms with Crippen molar-refractivity contribution in [1.29, 1.82) is 0 Å². The minimum atomic E-state index is -0.611. The second-order valence-electron chi connectivity index (χ2n) is 3.71. The third kappa shape index (κ3) is 1.54. The Balaban J connectivity index is 1.95. The monoisotopic (exact) mass is 185 g/mol. The summed E-state index contributed by atoms with van der Waals surface area (Å²) in [5.41, 5.74) is 0. The summed E-state index contributed by atoms with van der Waals surface area (Å²) >= 11 is 0. The van der Waals surface area contributed by atoms with Crippen molar-refractivity contribution < 1.29 is 9.44 Å². The van der Waals surface area contributed by atoms with E-state index >= 15 is 0 Å². The zero-order chi connectivity index (χ0) is 9.31. The highest BCUT2D eigenvalue weighted by atomic mass is 16.6. The predicted octanol–water partition coefficient (Wildman–Crippen LogP) is -0.270. The normalized spacial score (nSPS) is 26.7. The maximum absolute atomic E-state index is 11.7. The van der Waals surface area contributed by atoms with Crippen LogP contribution in [0.15, 0.2) is 0 Å². The van der Waals surface area contributed by atoms with Gasteiger partial charge in [-0.3, -0.25) is 9.55 Å². The first-order valence-electron chi connectivity index (χ1n) is 4.81. The summed E-state index contributed by atoms with van der Waals surface area (Å²) in [4.78, 5) is 13.3. The molecule has 5 heteroatoms. The van der Waals surface area contributed by atoms with Gasteiger partial charge in [-0.25, -0.2) is 4.79 Å². The Bertz CT molecular complexity index is 209. The lowest BCUT2D eigenvalue weighted by Gasteiger charge is -2.48. The lowest BCUT2D eigenvalue weighted by atomic mass is 10.2. The van der Waals surface area contributed by atoms with Crippen molar-refractivity contribution in [1.82, 2.24) is 10.2 Å². The first-order valence-corrected chi connectivity index (χ1v) is 4.81. The van der Waals surface area contributed by atoms with Gasteiger partial charge in [-0.1, -0.05) is 0 Å². The largest absolute Gasteiger partial charge is 0.624 e. The van der Waals surface area contributed by atoms with E-state index in [0.29, 0.717) is 26.2 Å². The summed E-state index contributed by atoms with van der Waals surface area (Å²) in [5.74, 6) is 0. The number of likely N-dealkylation sites (tertiary alicyclic amines) is 1.